The average molecular weight is 286 g/mol. The Hall–Kier alpha value is -1.26. The van der Waals surface area contributed by atoms with Crippen LogP contribution >= 0.6 is 0 Å². The molecule has 0 spiro atoms. The Bertz CT molecular complexity index is 277. The highest BCUT2D eigenvalue weighted by atomic mass is 16.6. The van der Waals surface area contributed by atoms with Gasteiger partial charge in [0.2, 0.25) is 0 Å². The standard InChI is InChI=1S/C15H30N2O3/c1-10(2)16(11(3)4)14(18)9-20-15(19)17(12(5)6)13(7)8/h10-13H,9H2,1-8H3. The number of amides is 2. The summed E-state index contributed by atoms with van der Waals surface area (Å²) >= 11 is 0. The maximum absolute atomic E-state index is 12.1. The zero-order valence-corrected chi connectivity index (χ0v) is 14.1. The van der Waals surface area contributed by atoms with E-state index in [9.17, 15) is 9.59 Å². The predicted molar refractivity (Wildman–Crippen MR) is 80.6 cm³/mol. The third kappa shape index (κ3) is 5.39. The summed E-state index contributed by atoms with van der Waals surface area (Å²) in [5, 5.41) is 0. The average Bonchev–Trinajstić information content (AvgIpc) is 2.23. The van der Waals surface area contributed by atoms with Gasteiger partial charge in [0.1, 0.15) is 0 Å². The van der Waals surface area contributed by atoms with Gasteiger partial charge in [-0.3, -0.25) is 4.79 Å². The lowest BCUT2D eigenvalue weighted by Gasteiger charge is -2.32. The van der Waals surface area contributed by atoms with Crippen LogP contribution in [0.5, 0.6) is 0 Å². The van der Waals surface area contributed by atoms with Crippen molar-refractivity contribution in [1.82, 2.24) is 9.80 Å². The highest BCUT2D eigenvalue weighted by Gasteiger charge is 2.25. The molecule has 0 aliphatic rings. The number of ether oxygens (including phenoxy) is 1. The van der Waals surface area contributed by atoms with Crippen molar-refractivity contribution in [2.75, 3.05) is 6.61 Å². The van der Waals surface area contributed by atoms with Crippen LogP contribution in [0.25, 0.3) is 0 Å². The minimum absolute atomic E-state index is 0.0453. The van der Waals surface area contributed by atoms with E-state index in [1.165, 1.54) is 0 Å². The lowest BCUT2D eigenvalue weighted by molar-refractivity contribution is -0.138. The Morgan fingerprint density at radius 1 is 0.750 bits per heavy atom. The van der Waals surface area contributed by atoms with E-state index in [-0.39, 0.29) is 36.7 Å². The number of hydrogen-bond donors (Lipinski definition) is 0. The van der Waals surface area contributed by atoms with Gasteiger partial charge in [0.15, 0.2) is 6.61 Å². The number of carbonyl (C=O) groups is 2. The normalized spacial score (nSPS) is 11.4. The van der Waals surface area contributed by atoms with E-state index in [4.69, 9.17) is 4.74 Å². The molecule has 0 aromatic heterocycles. The topological polar surface area (TPSA) is 49.9 Å². The van der Waals surface area contributed by atoms with E-state index >= 15 is 0 Å². The molecule has 0 fully saturated rings. The number of hydrogen-bond acceptors (Lipinski definition) is 3. The van der Waals surface area contributed by atoms with E-state index in [0.29, 0.717) is 0 Å². The molecule has 0 saturated heterocycles. The first-order valence-corrected chi connectivity index (χ1v) is 7.35. The van der Waals surface area contributed by atoms with Crippen molar-refractivity contribution in [3.05, 3.63) is 0 Å². The van der Waals surface area contributed by atoms with Crippen LogP contribution in [0, 0.1) is 0 Å². The van der Waals surface area contributed by atoms with Gasteiger partial charge in [-0.05, 0) is 55.4 Å². The molecule has 5 heteroatoms. The highest BCUT2D eigenvalue weighted by Crippen LogP contribution is 2.09. The fourth-order valence-corrected chi connectivity index (χ4v) is 2.46. The molecule has 20 heavy (non-hydrogen) atoms. The van der Waals surface area contributed by atoms with Crippen LogP contribution in [-0.4, -0.2) is 52.6 Å². The van der Waals surface area contributed by atoms with Crippen molar-refractivity contribution in [3.63, 3.8) is 0 Å². The van der Waals surface area contributed by atoms with Crippen molar-refractivity contribution in [3.8, 4) is 0 Å². The molecule has 0 aromatic rings. The fraction of sp³-hybridized carbons (Fsp3) is 0.867. The van der Waals surface area contributed by atoms with Crippen molar-refractivity contribution in [2.24, 2.45) is 0 Å². The molecule has 0 N–H and O–H groups in total. The minimum atomic E-state index is -0.434. The number of rotatable bonds is 6. The number of carbonyl (C=O) groups excluding carboxylic acids is 2. The molecule has 5 nitrogen and oxygen atoms in total. The molecule has 2 amide bonds. The summed E-state index contributed by atoms with van der Waals surface area (Å²) in [7, 11) is 0. The quantitative estimate of drug-likeness (QED) is 0.754. The van der Waals surface area contributed by atoms with E-state index in [2.05, 4.69) is 0 Å². The van der Waals surface area contributed by atoms with E-state index in [0.717, 1.165) is 0 Å². The number of nitrogens with zero attached hydrogens (tertiary/aromatic N) is 2. The van der Waals surface area contributed by atoms with Crippen molar-refractivity contribution >= 4 is 12.0 Å². The highest BCUT2D eigenvalue weighted by molar-refractivity contribution is 5.80. The third-order valence-electron chi connectivity index (χ3n) is 3.04. The summed E-state index contributed by atoms with van der Waals surface area (Å²) in [5.74, 6) is -0.157. The largest absolute Gasteiger partial charge is 0.439 e. The fourth-order valence-electron chi connectivity index (χ4n) is 2.46. The Balaban J connectivity index is 4.61. The van der Waals surface area contributed by atoms with Crippen LogP contribution in [0.4, 0.5) is 4.79 Å². The Morgan fingerprint density at radius 2 is 1.10 bits per heavy atom. The van der Waals surface area contributed by atoms with Gasteiger partial charge in [-0.2, -0.15) is 0 Å². The van der Waals surface area contributed by atoms with Gasteiger partial charge in [-0.25, -0.2) is 4.79 Å². The maximum atomic E-state index is 12.1. The minimum Gasteiger partial charge on any atom is -0.439 e. The van der Waals surface area contributed by atoms with Crippen LogP contribution in [0.3, 0.4) is 0 Å². The van der Waals surface area contributed by atoms with Gasteiger partial charge in [0.05, 0.1) is 0 Å². The smallest absolute Gasteiger partial charge is 0.410 e. The van der Waals surface area contributed by atoms with Crippen LogP contribution in [0.2, 0.25) is 0 Å². The summed E-state index contributed by atoms with van der Waals surface area (Å²) < 4.78 is 5.17. The van der Waals surface area contributed by atoms with Crippen LogP contribution in [0.1, 0.15) is 55.4 Å². The summed E-state index contributed by atoms with van der Waals surface area (Å²) in [6, 6.07) is 0.271. The van der Waals surface area contributed by atoms with Crippen LogP contribution in [-0.2, 0) is 9.53 Å². The van der Waals surface area contributed by atoms with Gasteiger partial charge < -0.3 is 14.5 Å². The lowest BCUT2D eigenvalue weighted by Crippen LogP contribution is -2.46. The monoisotopic (exact) mass is 286 g/mol. The van der Waals surface area contributed by atoms with Crippen LogP contribution in [0.15, 0.2) is 0 Å². The summed E-state index contributed by atoms with van der Waals surface area (Å²) in [6.45, 7) is 15.3. The molecule has 0 atom stereocenters. The van der Waals surface area contributed by atoms with Crippen molar-refractivity contribution < 1.29 is 14.3 Å². The summed E-state index contributed by atoms with van der Waals surface area (Å²) in [6.07, 6.45) is -0.434. The molecule has 0 saturated carbocycles. The van der Waals surface area contributed by atoms with Gasteiger partial charge in [-0.15, -0.1) is 0 Å². The second-order valence-electron chi connectivity index (χ2n) is 6.14. The Morgan fingerprint density at radius 3 is 1.40 bits per heavy atom. The summed E-state index contributed by atoms with van der Waals surface area (Å²) in [4.78, 5) is 27.5. The second kappa shape index (κ2) is 8.12. The third-order valence-corrected chi connectivity index (χ3v) is 3.04. The van der Waals surface area contributed by atoms with Crippen molar-refractivity contribution in [1.29, 1.82) is 0 Å². The maximum Gasteiger partial charge on any atom is 0.410 e. The molecular weight excluding hydrogens is 256 g/mol. The zero-order chi connectivity index (χ0) is 16.0. The Labute approximate surface area is 123 Å². The first-order valence-electron chi connectivity index (χ1n) is 7.35. The molecule has 118 valence electrons. The predicted octanol–water partition coefficient (Wildman–Crippen LogP) is 2.89. The van der Waals surface area contributed by atoms with Crippen molar-refractivity contribution in [2.45, 2.75) is 79.6 Å². The molecule has 0 rings (SSSR count). The van der Waals surface area contributed by atoms with Crippen LogP contribution < -0.4 is 0 Å². The lowest BCUT2D eigenvalue weighted by atomic mass is 10.2. The van der Waals surface area contributed by atoms with Gasteiger partial charge in [-0.1, -0.05) is 0 Å². The van der Waals surface area contributed by atoms with E-state index in [1.54, 1.807) is 9.80 Å². The van der Waals surface area contributed by atoms with Gasteiger partial charge >= 0.3 is 6.09 Å². The van der Waals surface area contributed by atoms with Gasteiger partial charge in [0, 0.05) is 24.2 Å². The van der Waals surface area contributed by atoms with E-state index in [1.807, 2.05) is 55.4 Å². The molecule has 0 bridgehead atoms. The molecule has 0 aliphatic carbocycles. The van der Waals surface area contributed by atoms with Gasteiger partial charge in [0.25, 0.3) is 5.91 Å². The molecule has 0 heterocycles. The second-order valence-corrected chi connectivity index (χ2v) is 6.14. The molecule has 0 aromatic carbocycles. The molecule has 0 aliphatic heterocycles. The first kappa shape index (κ1) is 18.7. The molecule has 0 radical (unpaired) electrons. The SMILES string of the molecule is CC(C)N(C(=O)COC(=O)N(C(C)C)C(C)C)C(C)C. The molecule has 0 unspecified atom stereocenters. The summed E-state index contributed by atoms with van der Waals surface area (Å²) in [5.41, 5.74) is 0. The Kier molecular flexibility index (Phi) is 7.61. The molecular formula is C15H30N2O3. The zero-order valence-electron chi connectivity index (χ0n) is 14.1. The van der Waals surface area contributed by atoms with E-state index < -0.39 is 6.09 Å². The first-order chi connectivity index (χ1) is 9.09.